The molecule has 0 atom stereocenters. The molecule has 1 saturated heterocycles. The van der Waals surface area contributed by atoms with Crippen molar-refractivity contribution in [1.29, 1.82) is 0 Å². The summed E-state index contributed by atoms with van der Waals surface area (Å²) in [4.78, 5) is 28.5. The van der Waals surface area contributed by atoms with Crippen LogP contribution in [0.2, 0.25) is 0 Å². The molecule has 1 aliphatic carbocycles. The van der Waals surface area contributed by atoms with Gasteiger partial charge in [0.05, 0.1) is 13.5 Å². The first-order valence-electron chi connectivity index (χ1n) is 8.70. The Bertz CT molecular complexity index is 644. The van der Waals surface area contributed by atoms with Crippen molar-refractivity contribution in [2.24, 2.45) is 5.92 Å². The van der Waals surface area contributed by atoms with Crippen molar-refractivity contribution in [3.05, 3.63) is 28.8 Å². The highest BCUT2D eigenvalue weighted by atomic mass is 16.5. The largest absolute Gasteiger partial charge is 0.496 e. The number of carbonyl (C=O) groups excluding carboxylic acids is 2. The van der Waals surface area contributed by atoms with E-state index in [1.54, 1.807) is 7.11 Å². The first-order valence-corrected chi connectivity index (χ1v) is 8.70. The van der Waals surface area contributed by atoms with E-state index in [1.165, 1.54) is 0 Å². The normalized spacial score (nSPS) is 17.8. The van der Waals surface area contributed by atoms with Crippen LogP contribution in [-0.4, -0.2) is 54.9 Å². The van der Waals surface area contributed by atoms with Crippen LogP contribution in [0.3, 0.4) is 0 Å². The molecule has 0 radical (unpaired) electrons. The van der Waals surface area contributed by atoms with Gasteiger partial charge in [0.1, 0.15) is 5.75 Å². The lowest BCUT2D eigenvalue weighted by molar-refractivity contribution is -0.140. The summed E-state index contributed by atoms with van der Waals surface area (Å²) >= 11 is 0. The quantitative estimate of drug-likeness (QED) is 0.848. The SMILES string of the molecule is COc1cc(C)cc(C)c1CC(=O)N1CCN(C(=O)C2CC2)CC1. The summed E-state index contributed by atoms with van der Waals surface area (Å²) in [5, 5.41) is 0. The number of methoxy groups -OCH3 is 1. The number of hydrogen-bond acceptors (Lipinski definition) is 3. The predicted octanol–water partition coefficient (Wildman–Crippen LogP) is 1.94. The second kappa shape index (κ2) is 6.83. The number of amides is 2. The molecule has 130 valence electrons. The Balaban J connectivity index is 1.61. The van der Waals surface area contributed by atoms with E-state index in [4.69, 9.17) is 4.74 Å². The molecule has 1 heterocycles. The standard InChI is InChI=1S/C19H26N2O3/c1-13-10-14(2)16(17(11-13)24-3)12-18(22)20-6-8-21(9-7-20)19(23)15-4-5-15/h10-11,15H,4-9,12H2,1-3H3. The molecule has 1 aromatic carbocycles. The molecule has 0 aromatic heterocycles. The zero-order valence-electron chi connectivity index (χ0n) is 14.8. The van der Waals surface area contributed by atoms with E-state index in [0.29, 0.717) is 32.6 Å². The lowest BCUT2D eigenvalue weighted by Gasteiger charge is -2.35. The van der Waals surface area contributed by atoms with Crippen LogP contribution in [-0.2, 0) is 16.0 Å². The third-order valence-corrected chi connectivity index (χ3v) is 4.99. The highest BCUT2D eigenvalue weighted by Crippen LogP contribution is 2.31. The van der Waals surface area contributed by atoms with Crippen LogP contribution in [0.5, 0.6) is 5.75 Å². The van der Waals surface area contributed by atoms with Gasteiger partial charge in [0.15, 0.2) is 0 Å². The van der Waals surface area contributed by atoms with Crippen molar-refractivity contribution in [3.8, 4) is 5.75 Å². The molecule has 0 bridgehead atoms. The fourth-order valence-corrected chi connectivity index (χ4v) is 3.39. The highest BCUT2D eigenvalue weighted by Gasteiger charge is 2.35. The Hall–Kier alpha value is -2.04. The van der Waals surface area contributed by atoms with Crippen LogP contribution < -0.4 is 4.74 Å². The van der Waals surface area contributed by atoms with Gasteiger partial charge in [-0.15, -0.1) is 0 Å². The molecule has 1 aromatic rings. The summed E-state index contributed by atoms with van der Waals surface area (Å²) in [6, 6.07) is 4.05. The maximum atomic E-state index is 12.7. The Labute approximate surface area is 143 Å². The fourth-order valence-electron chi connectivity index (χ4n) is 3.39. The van der Waals surface area contributed by atoms with Crippen molar-refractivity contribution in [2.75, 3.05) is 33.3 Å². The minimum atomic E-state index is 0.110. The van der Waals surface area contributed by atoms with Gasteiger partial charge in [-0.3, -0.25) is 9.59 Å². The van der Waals surface area contributed by atoms with E-state index in [-0.39, 0.29) is 17.7 Å². The lowest BCUT2D eigenvalue weighted by atomic mass is 10.0. The number of hydrogen-bond donors (Lipinski definition) is 0. The number of piperazine rings is 1. The van der Waals surface area contributed by atoms with Crippen molar-refractivity contribution in [3.63, 3.8) is 0 Å². The van der Waals surface area contributed by atoms with Crippen LogP contribution in [0.15, 0.2) is 12.1 Å². The first-order chi connectivity index (χ1) is 11.5. The van der Waals surface area contributed by atoms with Gasteiger partial charge in [-0.25, -0.2) is 0 Å². The maximum Gasteiger partial charge on any atom is 0.227 e. The Morgan fingerprint density at radius 2 is 1.71 bits per heavy atom. The predicted molar refractivity (Wildman–Crippen MR) is 92.1 cm³/mol. The van der Waals surface area contributed by atoms with Gasteiger partial charge in [0.25, 0.3) is 0 Å². The molecule has 1 aliphatic heterocycles. The molecule has 2 fully saturated rings. The molecular weight excluding hydrogens is 304 g/mol. The van der Waals surface area contributed by atoms with Crippen molar-refractivity contribution in [2.45, 2.75) is 33.1 Å². The molecule has 24 heavy (non-hydrogen) atoms. The van der Waals surface area contributed by atoms with Crippen LogP contribution in [0.25, 0.3) is 0 Å². The molecule has 5 nitrogen and oxygen atoms in total. The summed E-state index contributed by atoms with van der Waals surface area (Å²) in [5.74, 6) is 1.42. The molecule has 0 spiro atoms. The Morgan fingerprint density at radius 3 is 2.29 bits per heavy atom. The van der Waals surface area contributed by atoms with Crippen molar-refractivity contribution in [1.82, 2.24) is 9.80 Å². The maximum absolute atomic E-state index is 12.7. The summed E-state index contributed by atoms with van der Waals surface area (Å²) in [6.07, 6.45) is 2.42. The fraction of sp³-hybridized carbons (Fsp3) is 0.579. The average molecular weight is 330 g/mol. The van der Waals surface area contributed by atoms with E-state index >= 15 is 0 Å². The number of benzene rings is 1. The first kappa shape index (κ1) is 16.8. The van der Waals surface area contributed by atoms with E-state index < -0.39 is 0 Å². The number of rotatable bonds is 4. The minimum absolute atomic E-state index is 0.110. The molecule has 3 rings (SSSR count). The van der Waals surface area contributed by atoms with Crippen LogP contribution in [0.1, 0.15) is 29.5 Å². The molecule has 0 unspecified atom stereocenters. The molecule has 2 aliphatic rings. The van der Waals surface area contributed by atoms with Gasteiger partial charge < -0.3 is 14.5 Å². The second-order valence-electron chi connectivity index (χ2n) is 6.92. The average Bonchev–Trinajstić information content (AvgIpc) is 3.41. The van der Waals surface area contributed by atoms with Crippen LogP contribution in [0.4, 0.5) is 0 Å². The van der Waals surface area contributed by atoms with Gasteiger partial charge in [0.2, 0.25) is 11.8 Å². The zero-order chi connectivity index (χ0) is 17.3. The van der Waals surface area contributed by atoms with Gasteiger partial charge in [-0.2, -0.15) is 0 Å². The summed E-state index contributed by atoms with van der Waals surface area (Å²) in [7, 11) is 1.64. The summed E-state index contributed by atoms with van der Waals surface area (Å²) < 4.78 is 5.45. The Morgan fingerprint density at radius 1 is 1.08 bits per heavy atom. The highest BCUT2D eigenvalue weighted by molar-refractivity contribution is 5.82. The minimum Gasteiger partial charge on any atom is -0.496 e. The third-order valence-electron chi connectivity index (χ3n) is 4.99. The second-order valence-corrected chi connectivity index (χ2v) is 6.92. The monoisotopic (exact) mass is 330 g/mol. The summed E-state index contributed by atoms with van der Waals surface area (Å²) in [6.45, 7) is 6.62. The van der Waals surface area contributed by atoms with Gasteiger partial charge in [0, 0.05) is 37.7 Å². The van der Waals surface area contributed by atoms with Crippen molar-refractivity contribution < 1.29 is 14.3 Å². The van der Waals surface area contributed by atoms with E-state index in [1.807, 2.05) is 29.7 Å². The third kappa shape index (κ3) is 3.55. The number of ether oxygens (including phenoxy) is 1. The van der Waals surface area contributed by atoms with E-state index in [0.717, 1.165) is 35.3 Å². The van der Waals surface area contributed by atoms with E-state index in [9.17, 15) is 9.59 Å². The number of carbonyl (C=O) groups is 2. The van der Waals surface area contributed by atoms with Gasteiger partial charge in [-0.1, -0.05) is 6.07 Å². The van der Waals surface area contributed by atoms with E-state index in [2.05, 4.69) is 6.07 Å². The zero-order valence-corrected chi connectivity index (χ0v) is 14.8. The van der Waals surface area contributed by atoms with Gasteiger partial charge in [-0.05, 0) is 43.9 Å². The topological polar surface area (TPSA) is 49.9 Å². The van der Waals surface area contributed by atoms with Crippen molar-refractivity contribution >= 4 is 11.8 Å². The number of nitrogens with zero attached hydrogens (tertiary/aromatic N) is 2. The molecule has 5 heteroatoms. The smallest absolute Gasteiger partial charge is 0.227 e. The molecule has 0 N–H and O–H groups in total. The Kier molecular flexibility index (Phi) is 4.78. The molecule has 2 amide bonds. The summed E-state index contributed by atoms with van der Waals surface area (Å²) in [5.41, 5.74) is 3.18. The molecular formula is C19H26N2O3. The van der Waals surface area contributed by atoms with Crippen LogP contribution >= 0.6 is 0 Å². The lowest BCUT2D eigenvalue weighted by Crippen LogP contribution is -2.51. The van der Waals surface area contributed by atoms with Crippen LogP contribution in [0, 0.1) is 19.8 Å². The van der Waals surface area contributed by atoms with Gasteiger partial charge >= 0.3 is 0 Å². The molecule has 1 saturated carbocycles. The number of aryl methyl sites for hydroxylation is 2.